The third-order valence-electron chi connectivity index (χ3n) is 3.19. The molecule has 4 nitrogen and oxygen atoms in total. The van der Waals surface area contributed by atoms with E-state index >= 15 is 0 Å². The first kappa shape index (κ1) is 14.1. The molecule has 104 valence electrons. The molecule has 1 atom stereocenters. The van der Waals surface area contributed by atoms with Gasteiger partial charge in [0.25, 0.3) is 5.69 Å². The van der Waals surface area contributed by atoms with E-state index in [4.69, 9.17) is 0 Å². The molecule has 0 saturated carbocycles. The zero-order valence-electron chi connectivity index (χ0n) is 11.0. The summed E-state index contributed by atoms with van der Waals surface area (Å²) in [5.74, 6) is -0.272. The van der Waals surface area contributed by atoms with Crippen molar-refractivity contribution in [3.05, 3.63) is 75.6 Å². The van der Waals surface area contributed by atoms with Crippen LogP contribution >= 0.6 is 0 Å². The fourth-order valence-corrected chi connectivity index (χ4v) is 2.10. The molecule has 0 saturated heterocycles. The van der Waals surface area contributed by atoms with E-state index in [2.05, 4.69) is 5.32 Å². The average Bonchev–Trinajstić information content (AvgIpc) is 2.45. The lowest BCUT2D eigenvalue weighted by atomic mass is 9.99. The van der Waals surface area contributed by atoms with Crippen molar-refractivity contribution in [3.8, 4) is 0 Å². The Morgan fingerprint density at radius 2 is 1.95 bits per heavy atom. The van der Waals surface area contributed by atoms with Crippen LogP contribution in [0.15, 0.2) is 48.5 Å². The van der Waals surface area contributed by atoms with Gasteiger partial charge in [0.1, 0.15) is 5.82 Å². The predicted octanol–water partition coefficient (Wildman–Crippen LogP) is 3.24. The standard InChI is InChI=1S/C15H15FN2O2/c1-17-15(12-3-2-4-13(16)10-12)9-11-5-7-14(8-6-11)18(19)20/h2-8,10,15,17H,9H2,1H3. The number of nitro groups is 1. The molecule has 2 rings (SSSR count). The molecule has 1 N–H and O–H groups in total. The largest absolute Gasteiger partial charge is 0.313 e. The SMILES string of the molecule is CNC(Cc1ccc([N+](=O)[O-])cc1)c1cccc(F)c1. The van der Waals surface area contributed by atoms with E-state index in [1.807, 2.05) is 6.07 Å². The van der Waals surface area contributed by atoms with Crippen LogP contribution in [0, 0.1) is 15.9 Å². The molecule has 2 aromatic rings. The van der Waals surface area contributed by atoms with Crippen LogP contribution in [0.4, 0.5) is 10.1 Å². The highest BCUT2D eigenvalue weighted by molar-refractivity contribution is 5.34. The minimum absolute atomic E-state index is 0.0350. The number of hydrogen-bond donors (Lipinski definition) is 1. The highest BCUT2D eigenvalue weighted by Gasteiger charge is 2.12. The van der Waals surface area contributed by atoms with Crippen molar-refractivity contribution in [1.29, 1.82) is 0 Å². The highest BCUT2D eigenvalue weighted by Crippen LogP contribution is 2.20. The molecule has 5 heteroatoms. The molecular weight excluding hydrogens is 259 g/mol. The van der Waals surface area contributed by atoms with Crippen LogP contribution in [-0.2, 0) is 6.42 Å². The number of nitro benzene ring substituents is 1. The molecule has 0 aliphatic rings. The third kappa shape index (κ3) is 3.39. The monoisotopic (exact) mass is 274 g/mol. The molecule has 1 unspecified atom stereocenters. The minimum Gasteiger partial charge on any atom is -0.313 e. The Hall–Kier alpha value is -2.27. The van der Waals surface area contributed by atoms with Crippen LogP contribution in [0.25, 0.3) is 0 Å². The maximum Gasteiger partial charge on any atom is 0.269 e. The zero-order chi connectivity index (χ0) is 14.5. The first-order chi connectivity index (χ1) is 9.60. The first-order valence-corrected chi connectivity index (χ1v) is 6.26. The molecule has 0 aliphatic carbocycles. The van der Waals surface area contributed by atoms with E-state index in [9.17, 15) is 14.5 Å². The lowest BCUT2D eigenvalue weighted by Crippen LogP contribution is -2.18. The molecule has 0 aliphatic heterocycles. The van der Waals surface area contributed by atoms with Gasteiger partial charge in [-0.2, -0.15) is 0 Å². The summed E-state index contributed by atoms with van der Waals surface area (Å²) in [5, 5.41) is 13.7. The summed E-state index contributed by atoms with van der Waals surface area (Å²) >= 11 is 0. The quantitative estimate of drug-likeness (QED) is 0.672. The van der Waals surface area contributed by atoms with Gasteiger partial charge in [-0.1, -0.05) is 24.3 Å². The van der Waals surface area contributed by atoms with Gasteiger partial charge in [0.15, 0.2) is 0 Å². The Balaban J connectivity index is 2.16. The molecule has 2 aromatic carbocycles. The Labute approximate surface area is 116 Å². The molecule has 0 bridgehead atoms. The van der Waals surface area contributed by atoms with Crippen LogP contribution < -0.4 is 5.32 Å². The Morgan fingerprint density at radius 1 is 1.25 bits per heavy atom. The van der Waals surface area contributed by atoms with Crippen LogP contribution in [0.5, 0.6) is 0 Å². The summed E-state index contributed by atoms with van der Waals surface area (Å²) in [6.07, 6.45) is 0.637. The second kappa shape index (κ2) is 6.25. The Morgan fingerprint density at radius 3 is 2.50 bits per heavy atom. The molecule has 0 heterocycles. The van der Waals surface area contributed by atoms with E-state index in [1.54, 1.807) is 25.2 Å². The normalized spacial score (nSPS) is 12.1. The van der Waals surface area contributed by atoms with E-state index in [0.717, 1.165) is 11.1 Å². The van der Waals surface area contributed by atoms with E-state index < -0.39 is 4.92 Å². The van der Waals surface area contributed by atoms with Crippen molar-refractivity contribution in [2.45, 2.75) is 12.5 Å². The Bertz CT molecular complexity index is 599. The van der Waals surface area contributed by atoms with Crippen LogP contribution in [0.3, 0.4) is 0 Å². The van der Waals surface area contributed by atoms with Crippen molar-refractivity contribution in [2.75, 3.05) is 7.05 Å². The van der Waals surface area contributed by atoms with Gasteiger partial charge in [-0.15, -0.1) is 0 Å². The maximum absolute atomic E-state index is 13.2. The summed E-state index contributed by atoms with van der Waals surface area (Å²) in [5.41, 5.74) is 1.88. The topological polar surface area (TPSA) is 55.2 Å². The number of hydrogen-bond acceptors (Lipinski definition) is 3. The third-order valence-corrected chi connectivity index (χ3v) is 3.19. The van der Waals surface area contributed by atoms with Crippen LogP contribution in [0.1, 0.15) is 17.2 Å². The number of nitrogens with zero attached hydrogens (tertiary/aromatic N) is 1. The van der Waals surface area contributed by atoms with E-state index in [0.29, 0.717) is 6.42 Å². The number of non-ortho nitro benzene ring substituents is 1. The molecule has 0 amide bonds. The van der Waals surface area contributed by atoms with Crippen molar-refractivity contribution in [2.24, 2.45) is 0 Å². The first-order valence-electron chi connectivity index (χ1n) is 6.26. The number of benzene rings is 2. The Kier molecular flexibility index (Phi) is 4.42. The smallest absolute Gasteiger partial charge is 0.269 e. The van der Waals surface area contributed by atoms with Gasteiger partial charge < -0.3 is 5.32 Å². The molecule has 0 fully saturated rings. The van der Waals surface area contributed by atoms with Crippen LogP contribution in [-0.4, -0.2) is 12.0 Å². The van der Waals surface area contributed by atoms with E-state index in [-0.39, 0.29) is 17.5 Å². The maximum atomic E-state index is 13.2. The molecule has 0 radical (unpaired) electrons. The van der Waals surface area contributed by atoms with Gasteiger partial charge in [-0.25, -0.2) is 4.39 Å². The van der Waals surface area contributed by atoms with Gasteiger partial charge in [0.05, 0.1) is 4.92 Å². The lowest BCUT2D eigenvalue weighted by molar-refractivity contribution is -0.384. The molecular formula is C15H15FN2O2. The summed E-state index contributed by atoms with van der Waals surface area (Å²) in [4.78, 5) is 10.2. The molecule has 20 heavy (non-hydrogen) atoms. The summed E-state index contributed by atoms with van der Waals surface area (Å²) in [6, 6.07) is 12.8. The number of nitrogens with one attached hydrogen (secondary N) is 1. The highest BCUT2D eigenvalue weighted by atomic mass is 19.1. The minimum atomic E-state index is -0.425. The van der Waals surface area contributed by atoms with Crippen molar-refractivity contribution in [1.82, 2.24) is 5.32 Å². The van der Waals surface area contributed by atoms with Gasteiger partial charge in [0, 0.05) is 18.2 Å². The number of likely N-dealkylation sites (N-methyl/N-ethyl adjacent to an activating group) is 1. The summed E-state index contributed by atoms with van der Waals surface area (Å²) in [7, 11) is 1.81. The van der Waals surface area contributed by atoms with Crippen molar-refractivity contribution < 1.29 is 9.31 Å². The van der Waals surface area contributed by atoms with Gasteiger partial charge in [-0.3, -0.25) is 10.1 Å². The van der Waals surface area contributed by atoms with Crippen molar-refractivity contribution in [3.63, 3.8) is 0 Å². The fraction of sp³-hybridized carbons (Fsp3) is 0.200. The molecule has 0 aromatic heterocycles. The van der Waals surface area contributed by atoms with E-state index in [1.165, 1.54) is 24.3 Å². The van der Waals surface area contributed by atoms with Gasteiger partial charge in [0.2, 0.25) is 0 Å². The summed E-state index contributed by atoms with van der Waals surface area (Å²) < 4.78 is 13.2. The molecule has 0 spiro atoms. The number of rotatable bonds is 5. The van der Waals surface area contributed by atoms with Crippen LogP contribution in [0.2, 0.25) is 0 Å². The number of halogens is 1. The van der Waals surface area contributed by atoms with Gasteiger partial charge >= 0.3 is 0 Å². The summed E-state index contributed by atoms with van der Waals surface area (Å²) in [6.45, 7) is 0. The van der Waals surface area contributed by atoms with Crippen molar-refractivity contribution >= 4 is 5.69 Å². The zero-order valence-corrected chi connectivity index (χ0v) is 11.0. The lowest BCUT2D eigenvalue weighted by Gasteiger charge is -2.16. The second-order valence-corrected chi connectivity index (χ2v) is 4.52. The fourth-order valence-electron chi connectivity index (χ4n) is 2.10. The average molecular weight is 274 g/mol. The predicted molar refractivity (Wildman–Crippen MR) is 75.0 cm³/mol. The second-order valence-electron chi connectivity index (χ2n) is 4.52. The van der Waals surface area contributed by atoms with Gasteiger partial charge in [-0.05, 0) is 36.7 Å².